The summed E-state index contributed by atoms with van der Waals surface area (Å²) in [7, 11) is 0. The van der Waals surface area contributed by atoms with Gasteiger partial charge < -0.3 is 23.8 Å². The Labute approximate surface area is 159 Å². The van der Waals surface area contributed by atoms with Crippen LogP contribution in [0.25, 0.3) is 0 Å². The molecule has 0 spiro atoms. The minimum atomic E-state index is -0.583. The second-order valence-electron chi connectivity index (χ2n) is 4.78. The molecule has 152 valence electrons. The summed E-state index contributed by atoms with van der Waals surface area (Å²) in [5, 5.41) is 0. The molecule has 0 aromatic heterocycles. The second kappa shape index (κ2) is 17.9. The van der Waals surface area contributed by atoms with Crippen molar-refractivity contribution in [3.05, 3.63) is 0 Å². The van der Waals surface area contributed by atoms with Crippen molar-refractivity contribution in [2.75, 3.05) is 13.2 Å². The van der Waals surface area contributed by atoms with E-state index in [4.69, 9.17) is 12.3 Å². The van der Waals surface area contributed by atoms with Gasteiger partial charge in [-0.25, -0.2) is 0 Å². The molecule has 0 saturated carbocycles. The SMILES string of the molecule is O=C1CCC(=O)O1.O=C1CCC(=O)OC1.O=C1CCCO1.[2H]C(C)=O.[2H]C(C)=O. The maximum atomic E-state index is 10.3. The first-order valence-electron chi connectivity index (χ1n) is 8.94. The number of carbonyl (C=O) groups excluding carboxylic acids is 7. The Balaban J connectivity index is 0. The van der Waals surface area contributed by atoms with E-state index >= 15 is 0 Å². The Morgan fingerprint density at radius 3 is 1.37 bits per heavy atom. The van der Waals surface area contributed by atoms with E-state index in [1.807, 2.05) is 0 Å². The molecule has 0 amide bonds. The Bertz CT molecular complexity index is 545. The molecule has 0 aromatic rings. The predicted octanol–water partition coefficient (Wildman–Crippen LogP) is 0.476. The van der Waals surface area contributed by atoms with Gasteiger partial charge in [0.1, 0.15) is 21.9 Å². The van der Waals surface area contributed by atoms with Crippen molar-refractivity contribution in [1.82, 2.24) is 0 Å². The number of ketones is 1. The number of hydrogen-bond acceptors (Lipinski definition) is 10. The van der Waals surface area contributed by atoms with Crippen LogP contribution in [0, 0.1) is 0 Å². The van der Waals surface area contributed by atoms with Gasteiger partial charge in [0.05, 0.1) is 25.9 Å². The molecule has 0 aliphatic carbocycles. The first kappa shape index (κ1) is 22.1. The largest absolute Gasteiger partial charge is 0.466 e. The van der Waals surface area contributed by atoms with Gasteiger partial charge in [-0.1, -0.05) is 0 Å². The third-order valence-electron chi connectivity index (χ3n) is 2.55. The zero-order valence-electron chi connectivity index (χ0n) is 17.2. The number of ether oxygens (including phenoxy) is 3. The molecule has 10 heteroatoms. The number of hydrogen-bond donors (Lipinski definition) is 0. The number of cyclic esters (lactones) is 4. The number of carbonyl (C=O) groups is 7. The van der Waals surface area contributed by atoms with Crippen LogP contribution in [-0.2, 0) is 47.8 Å². The van der Waals surface area contributed by atoms with Crippen molar-refractivity contribution in [1.29, 1.82) is 0 Å². The fraction of sp³-hybridized carbons (Fsp3) is 0.588. The molecular formula is C17H24O10. The van der Waals surface area contributed by atoms with Crippen LogP contribution in [-0.4, -0.2) is 55.4 Å². The highest BCUT2D eigenvalue weighted by molar-refractivity contribution is 5.92. The first-order chi connectivity index (χ1) is 13.4. The fourth-order valence-electron chi connectivity index (χ4n) is 1.45. The molecule has 3 fully saturated rings. The molecule has 0 N–H and O–H groups in total. The van der Waals surface area contributed by atoms with Gasteiger partial charge in [0.2, 0.25) is 0 Å². The molecule has 3 rings (SSSR count). The maximum absolute atomic E-state index is 10.3. The molecule has 0 unspecified atom stereocenters. The topological polar surface area (TPSA) is 147 Å². The lowest BCUT2D eigenvalue weighted by atomic mass is 10.2. The van der Waals surface area contributed by atoms with E-state index in [0.29, 0.717) is 19.4 Å². The molecule has 3 saturated heterocycles. The zero-order chi connectivity index (χ0) is 22.8. The van der Waals surface area contributed by atoms with Gasteiger partial charge in [0.25, 0.3) is 0 Å². The van der Waals surface area contributed by atoms with Crippen LogP contribution in [0.3, 0.4) is 0 Å². The van der Waals surface area contributed by atoms with E-state index in [1.165, 1.54) is 13.8 Å². The minimum Gasteiger partial charge on any atom is -0.466 e. The lowest BCUT2D eigenvalue weighted by molar-refractivity contribution is -0.153. The highest BCUT2D eigenvalue weighted by Gasteiger charge is 2.19. The van der Waals surface area contributed by atoms with Crippen molar-refractivity contribution in [3.8, 4) is 0 Å². The van der Waals surface area contributed by atoms with E-state index in [-0.39, 0.29) is 43.6 Å². The summed E-state index contributed by atoms with van der Waals surface area (Å²) in [6.45, 7) is 3.01. The van der Waals surface area contributed by atoms with Gasteiger partial charge >= 0.3 is 23.9 Å². The molecule has 0 radical (unpaired) electrons. The van der Waals surface area contributed by atoms with Gasteiger partial charge in [-0.15, -0.1) is 0 Å². The first-order valence-corrected chi connectivity index (χ1v) is 7.94. The molecule has 0 aromatic carbocycles. The third-order valence-corrected chi connectivity index (χ3v) is 2.55. The van der Waals surface area contributed by atoms with E-state index in [2.05, 4.69) is 14.2 Å². The molecular weight excluding hydrogens is 364 g/mol. The molecule has 3 aliphatic rings. The Morgan fingerprint density at radius 2 is 1.19 bits per heavy atom. The number of aldehydes is 2. The summed E-state index contributed by atoms with van der Waals surface area (Å²) in [4.78, 5) is 68.8. The third kappa shape index (κ3) is 19.3. The predicted molar refractivity (Wildman–Crippen MR) is 89.2 cm³/mol. The molecule has 3 aliphatic heterocycles. The smallest absolute Gasteiger partial charge is 0.314 e. The van der Waals surface area contributed by atoms with Crippen molar-refractivity contribution >= 4 is 42.2 Å². The van der Waals surface area contributed by atoms with E-state index in [9.17, 15) is 24.0 Å². The summed E-state index contributed by atoms with van der Waals surface area (Å²) in [5.41, 5.74) is 0. The quantitative estimate of drug-likeness (QED) is 0.247. The molecule has 0 bridgehead atoms. The maximum Gasteiger partial charge on any atom is 0.314 e. The van der Waals surface area contributed by atoms with Gasteiger partial charge in [-0.3, -0.25) is 24.0 Å². The normalized spacial score (nSPS) is 17.9. The lowest BCUT2D eigenvalue weighted by Gasteiger charge is -2.07. The van der Waals surface area contributed by atoms with E-state index in [0.717, 1.165) is 6.42 Å². The highest BCUT2D eigenvalue weighted by Crippen LogP contribution is 2.04. The Kier molecular flexibility index (Phi) is 14.7. The molecule has 27 heavy (non-hydrogen) atoms. The van der Waals surface area contributed by atoms with Crippen LogP contribution in [0.5, 0.6) is 0 Å². The average molecular weight is 390 g/mol. The zero-order valence-corrected chi connectivity index (χ0v) is 15.2. The van der Waals surface area contributed by atoms with Gasteiger partial charge in [-0.2, -0.15) is 0 Å². The lowest BCUT2D eigenvalue weighted by Crippen LogP contribution is -2.20. The van der Waals surface area contributed by atoms with Crippen molar-refractivity contribution in [3.63, 3.8) is 0 Å². The Hall–Kier alpha value is -2.91. The summed E-state index contributed by atoms with van der Waals surface area (Å²) >= 11 is 0. The second-order valence-corrected chi connectivity index (χ2v) is 4.78. The molecule has 3 heterocycles. The fourth-order valence-corrected chi connectivity index (χ4v) is 1.45. The Morgan fingerprint density at radius 1 is 0.741 bits per heavy atom. The van der Waals surface area contributed by atoms with E-state index < -0.39 is 24.5 Å². The van der Waals surface area contributed by atoms with Crippen LogP contribution in [0.1, 0.15) is 55.1 Å². The van der Waals surface area contributed by atoms with Gasteiger partial charge in [0, 0.05) is 12.8 Å². The summed E-state index contributed by atoms with van der Waals surface area (Å²) in [6.07, 6.45) is 1.52. The van der Waals surface area contributed by atoms with Crippen LogP contribution >= 0.6 is 0 Å². The number of Topliss-reactive ketones (excluding diaryl/α,β-unsaturated/α-hetero) is 1. The number of rotatable bonds is 0. The summed E-state index contributed by atoms with van der Waals surface area (Å²) in [6, 6.07) is 0. The number of esters is 4. The van der Waals surface area contributed by atoms with Crippen molar-refractivity contribution in [2.45, 2.75) is 52.4 Å². The van der Waals surface area contributed by atoms with Crippen LogP contribution in [0.4, 0.5) is 0 Å². The van der Waals surface area contributed by atoms with Crippen LogP contribution < -0.4 is 0 Å². The summed E-state index contributed by atoms with van der Waals surface area (Å²) < 4.78 is 24.9. The monoisotopic (exact) mass is 390 g/mol. The van der Waals surface area contributed by atoms with Crippen molar-refractivity contribution < 1.29 is 50.5 Å². The van der Waals surface area contributed by atoms with Crippen LogP contribution in [0.15, 0.2) is 0 Å². The summed E-state index contributed by atoms with van der Waals surface area (Å²) in [5.74, 6) is -1.08. The highest BCUT2D eigenvalue weighted by atomic mass is 16.6. The average Bonchev–Trinajstić information content (AvgIpc) is 3.21. The van der Waals surface area contributed by atoms with Crippen LogP contribution in [0.2, 0.25) is 0 Å². The minimum absolute atomic E-state index is 0.0150. The standard InChI is InChI=1S/C5H6O3.C4H4O3.C4H6O2.2C2H4O/c6-4-1-2-5(7)8-3-4;5-3-1-2-4(6)7-3;5-4-2-1-3-6-4;2*1-2-3/h1-3H2;1-2H2;1-3H2;2*2H,1H3/i;;;2*2D. The van der Waals surface area contributed by atoms with E-state index in [1.54, 1.807) is 0 Å². The molecule has 0 atom stereocenters. The van der Waals surface area contributed by atoms with Gasteiger partial charge in [-0.05, 0) is 20.3 Å². The molecule has 10 nitrogen and oxygen atoms in total. The van der Waals surface area contributed by atoms with Crippen molar-refractivity contribution in [2.24, 2.45) is 0 Å². The van der Waals surface area contributed by atoms with Gasteiger partial charge in [0.15, 0.2) is 5.78 Å².